The summed E-state index contributed by atoms with van der Waals surface area (Å²) in [5, 5.41) is 10.3. The number of nitro groups is 1. The molecular weight excluding hydrogens is 226 g/mol. The van der Waals surface area contributed by atoms with Crippen LogP contribution in [0.5, 0.6) is 0 Å². The van der Waals surface area contributed by atoms with Crippen molar-refractivity contribution in [3.05, 3.63) is 39.8 Å². The van der Waals surface area contributed by atoms with Crippen molar-refractivity contribution in [2.24, 2.45) is 0 Å². The monoisotopic (exact) mass is 239 g/mol. The third kappa shape index (κ3) is 4.50. The van der Waals surface area contributed by atoms with E-state index in [0.717, 1.165) is 0 Å². The van der Waals surface area contributed by atoms with E-state index < -0.39 is 10.9 Å². The molecule has 1 heterocycles. The molecule has 0 aliphatic carbocycles. The number of furan rings is 1. The molecule has 0 saturated heterocycles. The zero-order valence-corrected chi connectivity index (χ0v) is 9.42. The molecule has 0 aliphatic heterocycles. The second-order valence-corrected chi connectivity index (χ2v) is 3.21. The van der Waals surface area contributed by atoms with E-state index in [0.29, 0.717) is 5.76 Å². The highest BCUT2D eigenvalue weighted by Gasteiger charge is 2.14. The molecule has 0 saturated carbocycles. The van der Waals surface area contributed by atoms with E-state index >= 15 is 0 Å². The van der Waals surface area contributed by atoms with Crippen molar-refractivity contribution >= 4 is 12.0 Å². The van der Waals surface area contributed by atoms with Crippen LogP contribution in [0.1, 0.15) is 19.1 Å². The third-order valence-corrected chi connectivity index (χ3v) is 1.96. The van der Waals surface area contributed by atoms with E-state index in [-0.39, 0.29) is 25.1 Å². The number of carbonyl (C=O) groups is 1. The lowest BCUT2D eigenvalue weighted by molar-refractivity contribution is -0.479. The standard InChI is InChI=1S/C11H13NO5/c1-2-16-11(13)9(5-6-12(14)15)8-10-4-3-7-17-10/h3-4,7-8H,2,5-6H2,1H3. The highest BCUT2D eigenvalue weighted by Crippen LogP contribution is 2.12. The van der Waals surface area contributed by atoms with Gasteiger partial charge in [-0.05, 0) is 25.1 Å². The minimum Gasteiger partial charge on any atom is -0.465 e. The minimum absolute atomic E-state index is 0.0204. The summed E-state index contributed by atoms with van der Waals surface area (Å²) in [5.74, 6) is -0.0813. The van der Waals surface area contributed by atoms with Crippen LogP contribution >= 0.6 is 0 Å². The number of rotatable bonds is 6. The van der Waals surface area contributed by atoms with Crippen molar-refractivity contribution < 1.29 is 18.9 Å². The second kappa shape index (κ2) is 6.47. The van der Waals surface area contributed by atoms with Gasteiger partial charge in [-0.25, -0.2) is 4.79 Å². The fourth-order valence-corrected chi connectivity index (χ4v) is 1.21. The fourth-order valence-electron chi connectivity index (χ4n) is 1.21. The first-order chi connectivity index (χ1) is 8.13. The summed E-state index contributed by atoms with van der Waals surface area (Å²) in [4.78, 5) is 21.3. The van der Waals surface area contributed by atoms with E-state index in [1.165, 1.54) is 12.3 Å². The Morgan fingerprint density at radius 2 is 2.41 bits per heavy atom. The van der Waals surface area contributed by atoms with Crippen LogP contribution in [0.15, 0.2) is 28.4 Å². The van der Waals surface area contributed by atoms with Gasteiger partial charge < -0.3 is 9.15 Å². The largest absolute Gasteiger partial charge is 0.465 e. The molecule has 1 rings (SSSR count). The van der Waals surface area contributed by atoms with Crippen LogP contribution in [-0.2, 0) is 9.53 Å². The molecule has 0 unspecified atom stereocenters. The molecule has 0 atom stereocenters. The molecule has 0 spiro atoms. The maximum absolute atomic E-state index is 11.5. The first-order valence-corrected chi connectivity index (χ1v) is 5.16. The Kier molecular flexibility index (Phi) is 4.93. The molecule has 0 aliphatic rings. The molecule has 17 heavy (non-hydrogen) atoms. The Hall–Kier alpha value is -2.11. The van der Waals surface area contributed by atoms with Crippen molar-refractivity contribution in [3.8, 4) is 0 Å². The quantitative estimate of drug-likeness (QED) is 0.327. The highest BCUT2D eigenvalue weighted by atomic mass is 16.6. The molecular formula is C11H13NO5. The van der Waals surface area contributed by atoms with E-state index in [2.05, 4.69) is 0 Å². The summed E-state index contributed by atoms with van der Waals surface area (Å²) in [6.07, 6.45) is 2.94. The van der Waals surface area contributed by atoms with Gasteiger partial charge in [0.05, 0.1) is 12.9 Å². The molecule has 6 nitrogen and oxygen atoms in total. The van der Waals surface area contributed by atoms with Gasteiger partial charge in [0.25, 0.3) is 0 Å². The van der Waals surface area contributed by atoms with Crippen molar-refractivity contribution in [1.29, 1.82) is 0 Å². The van der Waals surface area contributed by atoms with Crippen LogP contribution in [0.2, 0.25) is 0 Å². The second-order valence-electron chi connectivity index (χ2n) is 3.21. The predicted molar refractivity (Wildman–Crippen MR) is 59.8 cm³/mol. The van der Waals surface area contributed by atoms with E-state index in [9.17, 15) is 14.9 Å². The molecule has 0 fully saturated rings. The lowest BCUT2D eigenvalue weighted by Crippen LogP contribution is -2.11. The molecule has 0 bridgehead atoms. The van der Waals surface area contributed by atoms with Crippen molar-refractivity contribution in [2.75, 3.05) is 13.2 Å². The van der Waals surface area contributed by atoms with Gasteiger partial charge in [0.2, 0.25) is 6.54 Å². The van der Waals surface area contributed by atoms with Gasteiger partial charge in [-0.15, -0.1) is 0 Å². The summed E-state index contributed by atoms with van der Waals surface area (Å²) < 4.78 is 9.86. The van der Waals surface area contributed by atoms with Crippen LogP contribution in [-0.4, -0.2) is 24.0 Å². The molecule has 0 radical (unpaired) electrons. The lowest BCUT2D eigenvalue weighted by Gasteiger charge is -2.03. The molecule has 0 N–H and O–H groups in total. The molecule has 0 aromatic carbocycles. The summed E-state index contributed by atoms with van der Waals surface area (Å²) in [5.41, 5.74) is 0.235. The predicted octanol–water partition coefficient (Wildman–Crippen LogP) is 1.89. The summed E-state index contributed by atoms with van der Waals surface area (Å²) in [7, 11) is 0. The Balaban J connectivity index is 2.78. The smallest absolute Gasteiger partial charge is 0.334 e. The van der Waals surface area contributed by atoms with Crippen LogP contribution < -0.4 is 0 Å². The first-order valence-electron chi connectivity index (χ1n) is 5.16. The average Bonchev–Trinajstić information content (AvgIpc) is 2.76. The van der Waals surface area contributed by atoms with Crippen molar-refractivity contribution in [3.63, 3.8) is 0 Å². The Bertz CT molecular complexity index is 408. The average molecular weight is 239 g/mol. The van der Waals surface area contributed by atoms with Crippen molar-refractivity contribution in [2.45, 2.75) is 13.3 Å². The van der Waals surface area contributed by atoms with Crippen LogP contribution in [0.4, 0.5) is 0 Å². The van der Waals surface area contributed by atoms with Gasteiger partial charge in [0.1, 0.15) is 5.76 Å². The van der Waals surface area contributed by atoms with Crippen LogP contribution in [0, 0.1) is 10.1 Å². The fraction of sp³-hybridized carbons (Fsp3) is 0.364. The van der Waals surface area contributed by atoms with Crippen LogP contribution in [0.25, 0.3) is 6.08 Å². The van der Waals surface area contributed by atoms with Gasteiger partial charge in [-0.3, -0.25) is 10.1 Å². The zero-order valence-electron chi connectivity index (χ0n) is 9.42. The number of ether oxygens (including phenoxy) is 1. The normalized spacial score (nSPS) is 11.2. The Morgan fingerprint density at radius 1 is 1.65 bits per heavy atom. The maximum Gasteiger partial charge on any atom is 0.334 e. The summed E-state index contributed by atoms with van der Waals surface area (Å²) in [6.45, 7) is 1.59. The molecule has 92 valence electrons. The van der Waals surface area contributed by atoms with E-state index in [1.54, 1.807) is 19.1 Å². The van der Waals surface area contributed by atoms with Gasteiger partial charge in [-0.2, -0.15) is 0 Å². The van der Waals surface area contributed by atoms with Gasteiger partial charge in [0.15, 0.2) is 0 Å². The Morgan fingerprint density at radius 3 is 2.94 bits per heavy atom. The number of carbonyl (C=O) groups excluding carboxylic acids is 1. The number of hydrogen-bond acceptors (Lipinski definition) is 5. The SMILES string of the molecule is CCOC(=O)C(=Cc1ccco1)CC[N+](=O)[O-]. The highest BCUT2D eigenvalue weighted by molar-refractivity contribution is 5.93. The summed E-state index contributed by atoms with van der Waals surface area (Å²) >= 11 is 0. The minimum atomic E-state index is -0.550. The van der Waals surface area contributed by atoms with Gasteiger partial charge in [0, 0.05) is 16.9 Å². The van der Waals surface area contributed by atoms with Crippen molar-refractivity contribution in [1.82, 2.24) is 0 Å². The van der Waals surface area contributed by atoms with Gasteiger partial charge >= 0.3 is 5.97 Å². The topological polar surface area (TPSA) is 82.6 Å². The van der Waals surface area contributed by atoms with Gasteiger partial charge in [-0.1, -0.05) is 0 Å². The maximum atomic E-state index is 11.5. The number of esters is 1. The Labute approximate surface area is 98.0 Å². The molecule has 0 amide bonds. The molecule has 1 aromatic heterocycles. The van der Waals surface area contributed by atoms with E-state index in [4.69, 9.17) is 9.15 Å². The number of nitrogens with zero attached hydrogens (tertiary/aromatic N) is 1. The molecule has 1 aromatic rings. The lowest BCUT2D eigenvalue weighted by atomic mass is 10.1. The third-order valence-electron chi connectivity index (χ3n) is 1.96. The van der Waals surface area contributed by atoms with E-state index in [1.807, 2.05) is 0 Å². The summed E-state index contributed by atoms with van der Waals surface area (Å²) in [6, 6.07) is 3.33. The first kappa shape index (κ1) is 13.0. The molecule has 6 heteroatoms. The number of hydrogen-bond donors (Lipinski definition) is 0. The van der Waals surface area contributed by atoms with Crippen LogP contribution in [0.3, 0.4) is 0 Å². The zero-order chi connectivity index (χ0) is 12.7.